The summed E-state index contributed by atoms with van der Waals surface area (Å²) in [7, 11) is -4.06. The van der Waals surface area contributed by atoms with Gasteiger partial charge in [0.1, 0.15) is 0 Å². The summed E-state index contributed by atoms with van der Waals surface area (Å²) >= 11 is -0.224. The van der Waals surface area contributed by atoms with Gasteiger partial charge in [-0.05, 0) is 0 Å². The first-order valence-corrected chi connectivity index (χ1v) is 4.47. The molecule has 0 saturated heterocycles. The zero-order valence-electron chi connectivity index (χ0n) is 2.74. The number of hydrogen-bond acceptors (Lipinski definition) is 2. The van der Waals surface area contributed by atoms with Crippen molar-refractivity contribution in [3.63, 3.8) is 0 Å². The molecule has 0 bridgehead atoms. The molecule has 0 aliphatic carbocycles. The van der Waals surface area contributed by atoms with Crippen LogP contribution < -0.4 is 0 Å². The normalized spacial score (nSPS) is 12.0. The van der Waals surface area contributed by atoms with Crippen LogP contribution in [0.1, 0.15) is 0 Å². The van der Waals surface area contributed by atoms with E-state index in [4.69, 9.17) is 9.79 Å². The van der Waals surface area contributed by atoms with E-state index in [1.807, 2.05) is 0 Å². The van der Waals surface area contributed by atoms with Crippen molar-refractivity contribution >= 4 is 7.82 Å². The van der Waals surface area contributed by atoms with Crippen molar-refractivity contribution in [3.05, 3.63) is 0 Å². The molecule has 0 aromatic carbocycles. The first-order valence-electron chi connectivity index (χ1n) is 1.00. The molecule has 0 fully saturated rings. The molecule has 0 aromatic rings. The summed E-state index contributed by atoms with van der Waals surface area (Å²) < 4.78 is 13.3. The standard InChI is InChI=1S/Ac.H3O4P/c;1-5(2,3)4/h;(H3,1,2,3,4)/q+1;/p-1. The Kier molecular flexibility index (Phi) is 3.48. The van der Waals surface area contributed by atoms with Crippen LogP contribution in [0.2, 0.25) is 0 Å². The molecular weight excluding hydrogens is 322 g/mol. The van der Waals surface area contributed by atoms with E-state index in [0.29, 0.717) is 0 Å². The third-order valence-corrected chi connectivity index (χ3v) is 3.80. The van der Waals surface area contributed by atoms with E-state index in [1.165, 1.54) is 0 Å². The molecule has 0 rings (SSSR count). The summed E-state index contributed by atoms with van der Waals surface area (Å²) in [6.07, 6.45) is 0. The van der Waals surface area contributed by atoms with Crippen LogP contribution in [0.3, 0.4) is 0 Å². The van der Waals surface area contributed by atoms with Crippen LogP contribution >= 0.6 is 7.82 Å². The molecule has 34 valence electrons. The van der Waals surface area contributed by atoms with Gasteiger partial charge < -0.3 is 0 Å². The average Bonchev–Trinajstić information content (AvgIpc) is 1.35. The second-order valence-corrected chi connectivity index (χ2v) is 4.39. The van der Waals surface area contributed by atoms with E-state index >= 15 is 0 Å². The molecule has 0 aliphatic rings. The molecule has 0 atom stereocenters. The van der Waals surface area contributed by atoms with Crippen molar-refractivity contribution in [2.45, 2.75) is 0 Å². The molecule has 0 heterocycles. The molecule has 4 nitrogen and oxygen atoms in total. The van der Waals surface area contributed by atoms with Crippen molar-refractivity contribution in [2.75, 3.05) is 0 Å². The van der Waals surface area contributed by atoms with Gasteiger partial charge in [-0.1, -0.05) is 0 Å². The Labute approximate surface area is 64.4 Å². The van der Waals surface area contributed by atoms with Gasteiger partial charge in [0.15, 0.2) is 0 Å². The maximum absolute atomic E-state index is 9.52. The number of hydrogen-bond donors (Lipinski definition) is 2. The molecule has 0 aliphatic heterocycles. The SMILES string of the molecule is O=P(O)(O)[O][Ac]. The second-order valence-electron chi connectivity index (χ2n) is 0.596. The van der Waals surface area contributed by atoms with Crippen molar-refractivity contribution < 1.29 is 57.3 Å². The minimum absolute atomic E-state index is 0.224. The van der Waals surface area contributed by atoms with Crippen molar-refractivity contribution in [3.8, 4) is 0 Å². The summed E-state index contributed by atoms with van der Waals surface area (Å²) in [4.78, 5) is 15.5. The molecule has 0 amide bonds. The fourth-order valence-corrected chi connectivity index (χ4v) is 0. The Bertz CT molecular complexity index is 71.6. The molecule has 6 heavy (non-hydrogen) atoms. The van der Waals surface area contributed by atoms with Crippen LogP contribution in [0.4, 0.5) is 0 Å². The summed E-state index contributed by atoms with van der Waals surface area (Å²) in [5.41, 5.74) is 0. The van der Waals surface area contributed by atoms with E-state index in [9.17, 15) is 4.57 Å². The first kappa shape index (κ1) is 7.55. The predicted octanol–water partition coefficient (Wildman–Crippen LogP) is -0.440. The van der Waals surface area contributed by atoms with Gasteiger partial charge in [0.2, 0.25) is 0 Å². The monoisotopic (exact) mass is 324 g/mol. The average molecular weight is 324 g/mol. The topological polar surface area (TPSA) is 66.8 Å². The number of phosphoric acid groups is 1. The van der Waals surface area contributed by atoms with Crippen LogP contribution in [0.15, 0.2) is 0 Å². The van der Waals surface area contributed by atoms with Gasteiger partial charge in [-0.2, -0.15) is 0 Å². The van der Waals surface area contributed by atoms with E-state index in [1.54, 1.807) is 0 Å². The van der Waals surface area contributed by atoms with Gasteiger partial charge in [0, 0.05) is 0 Å². The maximum atomic E-state index is 9.52. The van der Waals surface area contributed by atoms with Crippen LogP contribution in [0.5, 0.6) is 0 Å². The van der Waals surface area contributed by atoms with E-state index in [2.05, 4.69) is 0.450 Å². The van der Waals surface area contributed by atoms with Crippen molar-refractivity contribution in [1.29, 1.82) is 0 Å². The number of rotatable bonds is 1. The van der Waals surface area contributed by atoms with Gasteiger partial charge in [0.25, 0.3) is 0 Å². The minimum atomic E-state index is -4.06. The van der Waals surface area contributed by atoms with Crippen LogP contribution in [-0.4, -0.2) is 9.79 Å². The molecular formula is H2AcO4P. The zero-order valence-corrected chi connectivity index (χ0v) is 8.38. The van der Waals surface area contributed by atoms with Crippen molar-refractivity contribution in [2.24, 2.45) is 0 Å². The van der Waals surface area contributed by atoms with Gasteiger partial charge in [0.05, 0.1) is 0 Å². The van der Waals surface area contributed by atoms with Gasteiger partial charge in [-0.3, -0.25) is 0 Å². The fourth-order valence-electron chi connectivity index (χ4n) is 0. The molecule has 0 aromatic heterocycles. The Morgan fingerprint density at radius 2 is 1.83 bits per heavy atom. The van der Waals surface area contributed by atoms with Crippen LogP contribution in [0.25, 0.3) is 0 Å². The van der Waals surface area contributed by atoms with Gasteiger partial charge >= 0.3 is 65.1 Å². The molecule has 0 unspecified atom stereocenters. The van der Waals surface area contributed by atoms with Gasteiger partial charge in [-0.15, -0.1) is 0 Å². The second kappa shape index (κ2) is 2.76. The van der Waals surface area contributed by atoms with Crippen molar-refractivity contribution in [1.82, 2.24) is 0 Å². The predicted molar refractivity (Wildman–Crippen MR) is 13.1 cm³/mol. The summed E-state index contributed by atoms with van der Waals surface area (Å²) in [6.45, 7) is 0. The zero-order chi connectivity index (χ0) is 5.21. The van der Waals surface area contributed by atoms with E-state index in [-0.39, 0.29) is 42.5 Å². The van der Waals surface area contributed by atoms with Crippen LogP contribution in [-0.2, 0) is 5.02 Å². The van der Waals surface area contributed by atoms with E-state index < -0.39 is 7.82 Å². The van der Waals surface area contributed by atoms with Gasteiger partial charge in [-0.25, -0.2) is 0 Å². The Hall–Kier alpha value is 1.55. The molecule has 0 spiro atoms. The third-order valence-electron chi connectivity index (χ3n) is 0.137. The summed E-state index contributed by atoms with van der Waals surface area (Å²) in [6, 6.07) is 0. The Morgan fingerprint density at radius 3 is 1.83 bits per heavy atom. The quantitative estimate of drug-likeness (QED) is 0.642. The molecule has 0 radical (unpaired) electrons. The summed E-state index contributed by atoms with van der Waals surface area (Å²) in [5.74, 6) is 0. The first-order chi connectivity index (χ1) is 2.56. The van der Waals surface area contributed by atoms with E-state index in [0.717, 1.165) is 0 Å². The fraction of sp³-hybridized carbons (Fsp3) is 0. The Balaban J connectivity index is 3.48. The summed E-state index contributed by atoms with van der Waals surface area (Å²) in [5, 5.41) is 0. The molecule has 0 saturated carbocycles. The Morgan fingerprint density at radius 1 is 1.67 bits per heavy atom. The molecule has 2 N–H and O–H groups in total. The van der Waals surface area contributed by atoms with Crippen LogP contribution in [0, 0.1) is 42.5 Å². The molecule has 6 heteroatoms. The third kappa shape index (κ3) is 5.55.